The van der Waals surface area contributed by atoms with Gasteiger partial charge in [-0.3, -0.25) is 5.01 Å². The van der Waals surface area contributed by atoms with E-state index in [2.05, 4.69) is 22.1 Å². The summed E-state index contributed by atoms with van der Waals surface area (Å²) in [5, 5.41) is 16.9. The van der Waals surface area contributed by atoms with Gasteiger partial charge in [-0.1, -0.05) is 30.3 Å². The molecule has 2 aromatic rings. The number of nitriles is 1. The van der Waals surface area contributed by atoms with Crippen molar-refractivity contribution in [3.63, 3.8) is 0 Å². The molecule has 0 aliphatic heterocycles. The Morgan fingerprint density at radius 1 is 1.22 bits per heavy atom. The molecule has 0 aliphatic carbocycles. The predicted molar refractivity (Wildman–Crippen MR) is 92.0 cm³/mol. The van der Waals surface area contributed by atoms with Crippen molar-refractivity contribution in [1.82, 2.24) is 5.32 Å². The summed E-state index contributed by atoms with van der Waals surface area (Å²) in [6, 6.07) is 14.9. The first-order valence-corrected chi connectivity index (χ1v) is 6.92. The van der Waals surface area contributed by atoms with Crippen molar-refractivity contribution in [2.45, 2.75) is 6.92 Å². The summed E-state index contributed by atoms with van der Waals surface area (Å²) >= 11 is 0. The molecule has 1 N–H and O–H groups in total. The molecule has 0 spiro atoms. The number of amidine groups is 1. The molecule has 0 saturated carbocycles. The van der Waals surface area contributed by atoms with E-state index in [0.29, 0.717) is 11.4 Å². The van der Waals surface area contributed by atoms with Gasteiger partial charge in [0.1, 0.15) is 5.75 Å². The SMILES string of the molecule is C=NN(C)c1c(C)cccc1N=C(NC#N)Oc1ccccc1. The summed E-state index contributed by atoms with van der Waals surface area (Å²) < 4.78 is 5.62. The highest BCUT2D eigenvalue weighted by Crippen LogP contribution is 2.31. The van der Waals surface area contributed by atoms with Crippen LogP contribution in [0.1, 0.15) is 5.56 Å². The van der Waals surface area contributed by atoms with Crippen LogP contribution in [-0.4, -0.2) is 19.8 Å². The van der Waals surface area contributed by atoms with E-state index in [9.17, 15) is 0 Å². The molecular formula is C17H17N5O. The first kappa shape index (κ1) is 16.0. The fraction of sp³-hybridized carbons (Fsp3) is 0.118. The van der Waals surface area contributed by atoms with Crippen LogP contribution in [0.15, 0.2) is 58.6 Å². The van der Waals surface area contributed by atoms with Gasteiger partial charge in [0.15, 0.2) is 6.19 Å². The average Bonchev–Trinajstić information content (AvgIpc) is 2.55. The lowest BCUT2D eigenvalue weighted by atomic mass is 10.1. The molecule has 0 aromatic heterocycles. The third kappa shape index (κ3) is 4.08. The zero-order valence-electron chi connectivity index (χ0n) is 13.0. The first-order chi connectivity index (χ1) is 11.2. The van der Waals surface area contributed by atoms with Crippen molar-refractivity contribution in [1.29, 1.82) is 5.26 Å². The first-order valence-electron chi connectivity index (χ1n) is 6.92. The van der Waals surface area contributed by atoms with Crippen LogP contribution in [0.4, 0.5) is 11.4 Å². The second-order valence-electron chi connectivity index (χ2n) is 4.68. The number of para-hydroxylation sites is 2. The van der Waals surface area contributed by atoms with E-state index in [4.69, 9.17) is 10.00 Å². The lowest BCUT2D eigenvalue weighted by Crippen LogP contribution is -2.24. The third-order valence-electron chi connectivity index (χ3n) is 3.09. The van der Waals surface area contributed by atoms with Gasteiger partial charge in [0.25, 0.3) is 0 Å². The maximum Gasteiger partial charge on any atom is 0.309 e. The molecular weight excluding hydrogens is 290 g/mol. The molecule has 0 fully saturated rings. The van der Waals surface area contributed by atoms with Crippen LogP contribution in [0, 0.1) is 18.4 Å². The predicted octanol–water partition coefficient (Wildman–Crippen LogP) is 3.18. The molecule has 0 unspecified atom stereocenters. The largest absolute Gasteiger partial charge is 0.425 e. The van der Waals surface area contributed by atoms with E-state index in [0.717, 1.165) is 11.3 Å². The summed E-state index contributed by atoms with van der Waals surface area (Å²) in [4.78, 5) is 4.40. The highest BCUT2D eigenvalue weighted by atomic mass is 16.5. The minimum absolute atomic E-state index is 0.0861. The van der Waals surface area contributed by atoms with Crippen LogP contribution in [0.2, 0.25) is 0 Å². The zero-order valence-corrected chi connectivity index (χ0v) is 13.0. The normalized spacial score (nSPS) is 10.6. The smallest absolute Gasteiger partial charge is 0.309 e. The van der Waals surface area contributed by atoms with Crippen LogP contribution in [0.5, 0.6) is 5.75 Å². The molecule has 0 bridgehead atoms. The Labute approximate surface area is 135 Å². The van der Waals surface area contributed by atoms with Crippen LogP contribution in [0.3, 0.4) is 0 Å². The number of rotatable bonds is 4. The number of hydrogen-bond donors (Lipinski definition) is 1. The van der Waals surface area contributed by atoms with E-state index in [1.54, 1.807) is 24.2 Å². The topological polar surface area (TPSA) is 73.0 Å². The molecule has 6 heteroatoms. The standard InChI is InChI=1S/C17H17N5O/c1-13-8-7-11-15(16(13)22(3)19-2)21-17(20-12-18)23-14-9-5-4-6-10-14/h4-11H,2H2,1,3H3,(H,20,21). The van der Waals surface area contributed by atoms with Crippen LogP contribution in [-0.2, 0) is 0 Å². The zero-order chi connectivity index (χ0) is 16.7. The number of hydrogen-bond acceptors (Lipinski definition) is 5. The molecule has 6 nitrogen and oxygen atoms in total. The van der Waals surface area contributed by atoms with E-state index >= 15 is 0 Å². The van der Waals surface area contributed by atoms with E-state index in [-0.39, 0.29) is 6.02 Å². The van der Waals surface area contributed by atoms with Gasteiger partial charge >= 0.3 is 6.02 Å². The number of nitrogens with one attached hydrogen (secondary N) is 1. The van der Waals surface area contributed by atoms with Gasteiger partial charge in [-0.15, -0.1) is 0 Å². The van der Waals surface area contributed by atoms with Gasteiger partial charge in [-0.2, -0.15) is 15.4 Å². The number of anilines is 1. The van der Waals surface area contributed by atoms with Crippen molar-refractivity contribution in [3.8, 4) is 11.9 Å². The van der Waals surface area contributed by atoms with Crippen molar-refractivity contribution < 1.29 is 4.74 Å². The molecule has 0 atom stereocenters. The van der Waals surface area contributed by atoms with Crippen molar-refractivity contribution >= 4 is 24.1 Å². The third-order valence-corrected chi connectivity index (χ3v) is 3.09. The summed E-state index contributed by atoms with van der Waals surface area (Å²) in [6.45, 7) is 5.48. The number of ether oxygens (including phenoxy) is 1. The molecule has 2 aromatic carbocycles. The van der Waals surface area contributed by atoms with Crippen LogP contribution in [0.25, 0.3) is 0 Å². The summed E-state index contributed by atoms with van der Waals surface area (Å²) in [7, 11) is 1.78. The average molecular weight is 307 g/mol. The van der Waals surface area contributed by atoms with Crippen molar-refractivity contribution in [3.05, 3.63) is 54.1 Å². The maximum absolute atomic E-state index is 8.91. The summed E-state index contributed by atoms with van der Waals surface area (Å²) in [6.07, 6.45) is 1.83. The molecule has 0 saturated heterocycles. The number of aryl methyl sites for hydroxylation is 1. The molecule has 0 heterocycles. The number of aliphatic imine (C=N–C) groups is 1. The van der Waals surface area contributed by atoms with Crippen LogP contribution < -0.4 is 15.1 Å². The van der Waals surface area contributed by atoms with Gasteiger partial charge in [-0.05, 0) is 30.7 Å². The van der Waals surface area contributed by atoms with Gasteiger partial charge in [-0.25, -0.2) is 5.32 Å². The highest BCUT2D eigenvalue weighted by Gasteiger charge is 2.11. The number of benzene rings is 2. The van der Waals surface area contributed by atoms with Crippen molar-refractivity contribution in [2.24, 2.45) is 10.1 Å². The Kier molecular flexibility index (Phi) is 5.31. The Hall–Kier alpha value is -3.33. The lowest BCUT2D eigenvalue weighted by Gasteiger charge is -2.17. The summed E-state index contributed by atoms with van der Waals surface area (Å²) in [5.41, 5.74) is 2.39. The van der Waals surface area contributed by atoms with Gasteiger partial charge in [0.05, 0.1) is 11.4 Å². The molecule has 0 radical (unpaired) electrons. The molecule has 0 amide bonds. The molecule has 2 rings (SSSR count). The van der Waals surface area contributed by atoms with E-state index in [1.165, 1.54) is 0 Å². The fourth-order valence-corrected chi connectivity index (χ4v) is 2.06. The Morgan fingerprint density at radius 3 is 2.61 bits per heavy atom. The van der Waals surface area contributed by atoms with E-state index in [1.807, 2.05) is 49.5 Å². The van der Waals surface area contributed by atoms with Gasteiger partial charge < -0.3 is 4.74 Å². The number of hydrazone groups is 1. The van der Waals surface area contributed by atoms with Gasteiger partial charge in [0, 0.05) is 13.8 Å². The minimum Gasteiger partial charge on any atom is -0.425 e. The highest BCUT2D eigenvalue weighted by molar-refractivity contribution is 5.84. The van der Waals surface area contributed by atoms with Gasteiger partial charge in [0.2, 0.25) is 0 Å². The molecule has 116 valence electrons. The molecule has 23 heavy (non-hydrogen) atoms. The van der Waals surface area contributed by atoms with Crippen molar-refractivity contribution in [2.75, 3.05) is 12.1 Å². The Morgan fingerprint density at radius 2 is 1.96 bits per heavy atom. The number of nitrogens with zero attached hydrogens (tertiary/aromatic N) is 4. The second kappa shape index (κ2) is 7.61. The molecule has 0 aliphatic rings. The maximum atomic E-state index is 8.91. The summed E-state index contributed by atoms with van der Waals surface area (Å²) in [5.74, 6) is 0.582. The second-order valence-corrected chi connectivity index (χ2v) is 4.68. The lowest BCUT2D eigenvalue weighted by molar-refractivity contribution is 0.531. The Balaban J connectivity index is 2.42. The minimum atomic E-state index is 0.0861. The van der Waals surface area contributed by atoms with E-state index < -0.39 is 0 Å². The fourth-order valence-electron chi connectivity index (χ4n) is 2.06. The van der Waals surface area contributed by atoms with Crippen LogP contribution >= 0.6 is 0 Å². The monoisotopic (exact) mass is 307 g/mol. The Bertz CT molecular complexity index is 749. The quantitative estimate of drug-likeness (QED) is 0.309.